The number of carbonyl (C=O) groups is 3. The molecule has 8 heteroatoms. The van der Waals surface area contributed by atoms with Gasteiger partial charge in [-0.1, -0.05) is 41.3 Å². The number of amides is 3. The molecule has 1 aromatic carbocycles. The van der Waals surface area contributed by atoms with Crippen molar-refractivity contribution < 1.29 is 19.1 Å². The van der Waals surface area contributed by atoms with Crippen molar-refractivity contribution in [3.05, 3.63) is 39.4 Å². The topological polar surface area (TPSA) is 75.7 Å². The molecule has 0 radical (unpaired) electrons. The Kier molecular flexibility index (Phi) is 5.58. The van der Waals surface area contributed by atoms with Gasteiger partial charge in [0.05, 0.1) is 16.9 Å². The maximum atomic E-state index is 13.0. The summed E-state index contributed by atoms with van der Waals surface area (Å²) in [5.41, 5.74) is 4.97. The van der Waals surface area contributed by atoms with Crippen LogP contribution in [-0.2, 0) is 14.4 Å². The Hall–Kier alpha value is -2.05. The largest absolute Gasteiger partial charge is 0.479 e. The van der Waals surface area contributed by atoms with Crippen LogP contribution in [0.3, 0.4) is 0 Å². The molecule has 3 aliphatic rings. The summed E-state index contributed by atoms with van der Waals surface area (Å²) in [6, 6.07) is 4.72. The van der Waals surface area contributed by atoms with Crippen molar-refractivity contribution >= 4 is 40.9 Å². The molecule has 30 heavy (non-hydrogen) atoms. The van der Waals surface area contributed by atoms with Crippen LogP contribution in [0.4, 0.5) is 0 Å². The number of hydrogen-bond acceptors (Lipinski definition) is 4. The molecular formula is C22H24Cl2N2O4. The van der Waals surface area contributed by atoms with Crippen LogP contribution in [-0.4, -0.2) is 28.8 Å². The highest BCUT2D eigenvalue weighted by molar-refractivity contribution is 6.34. The minimum atomic E-state index is -0.924. The highest BCUT2D eigenvalue weighted by Crippen LogP contribution is 2.59. The summed E-state index contributed by atoms with van der Waals surface area (Å²) >= 11 is 12.1. The first-order valence-electron chi connectivity index (χ1n) is 10.2. The van der Waals surface area contributed by atoms with Crippen molar-refractivity contribution in [3.63, 3.8) is 0 Å². The average Bonchev–Trinajstić information content (AvgIpc) is 3.34. The molecule has 6 nitrogen and oxygen atoms in total. The number of nitrogens with zero attached hydrogens (tertiary/aromatic N) is 1. The van der Waals surface area contributed by atoms with Crippen LogP contribution in [0, 0.1) is 23.7 Å². The van der Waals surface area contributed by atoms with Gasteiger partial charge in [-0.05, 0) is 57.1 Å². The quantitative estimate of drug-likeness (QED) is 0.539. The Morgan fingerprint density at radius 3 is 2.30 bits per heavy atom. The number of benzene rings is 1. The molecule has 0 aromatic heterocycles. The number of imide groups is 1. The summed E-state index contributed by atoms with van der Waals surface area (Å²) in [6.07, 6.45) is 1.24. The van der Waals surface area contributed by atoms with E-state index in [1.54, 1.807) is 19.1 Å². The first-order valence-corrected chi connectivity index (χ1v) is 11.0. The van der Waals surface area contributed by atoms with Gasteiger partial charge in [-0.3, -0.25) is 19.8 Å². The molecule has 0 spiro atoms. The zero-order chi connectivity index (χ0) is 21.7. The molecule has 2 saturated carbocycles. The fourth-order valence-corrected chi connectivity index (χ4v) is 5.65. The third-order valence-corrected chi connectivity index (χ3v) is 7.02. The van der Waals surface area contributed by atoms with Crippen molar-refractivity contribution in [1.82, 2.24) is 10.4 Å². The van der Waals surface area contributed by atoms with Gasteiger partial charge in [0.1, 0.15) is 5.75 Å². The lowest BCUT2D eigenvalue weighted by Gasteiger charge is -2.23. The summed E-state index contributed by atoms with van der Waals surface area (Å²) in [7, 11) is 0. The SMILES string of the molecule is CC[C@H](Oc1cc(Cl)ccc1Cl)C(=O)NN1C(=O)[C@@H]2[C@H](C1=O)[C@@H]1CC[C@H]2C1=C(C)C. The van der Waals surface area contributed by atoms with Crippen LogP contribution in [0.5, 0.6) is 5.75 Å². The molecule has 5 atom stereocenters. The lowest BCUT2D eigenvalue weighted by Crippen LogP contribution is -2.51. The number of hydrazine groups is 1. The molecule has 3 amide bonds. The molecule has 1 N–H and O–H groups in total. The second-order valence-electron chi connectivity index (χ2n) is 8.37. The summed E-state index contributed by atoms with van der Waals surface area (Å²) in [6.45, 7) is 5.85. The van der Waals surface area contributed by atoms with Gasteiger partial charge >= 0.3 is 0 Å². The molecule has 2 aliphatic carbocycles. The van der Waals surface area contributed by atoms with Gasteiger partial charge in [-0.2, -0.15) is 5.01 Å². The second-order valence-corrected chi connectivity index (χ2v) is 9.22. The maximum Gasteiger partial charge on any atom is 0.279 e. The van der Waals surface area contributed by atoms with Crippen molar-refractivity contribution in [3.8, 4) is 5.75 Å². The normalized spacial score (nSPS) is 28.0. The van der Waals surface area contributed by atoms with E-state index >= 15 is 0 Å². The predicted octanol–water partition coefficient (Wildman–Crippen LogP) is 4.16. The molecule has 160 valence electrons. The molecule has 0 unspecified atom stereocenters. The van der Waals surface area contributed by atoms with Gasteiger partial charge in [0.2, 0.25) is 0 Å². The summed E-state index contributed by atoms with van der Waals surface area (Å²) < 4.78 is 5.73. The molecule has 1 heterocycles. The van der Waals surface area contributed by atoms with Crippen molar-refractivity contribution in [1.29, 1.82) is 0 Å². The molecule has 2 bridgehead atoms. The standard InChI is InChI=1S/C22H24Cl2N2O4/c1-4-15(30-16-9-11(23)5-8-14(16)24)20(27)25-26-21(28)18-12-6-7-13(17(12)10(2)3)19(18)22(26)29/h5,8-9,12-13,15,18-19H,4,6-7H2,1-3H3,(H,25,27)/t12-,13+,15-,18-,19+/m0/s1. The number of allylic oxidation sites excluding steroid dienone is 2. The van der Waals surface area contributed by atoms with Crippen molar-refractivity contribution in [2.45, 2.75) is 46.1 Å². The van der Waals surface area contributed by atoms with E-state index in [0.717, 1.165) is 17.9 Å². The smallest absolute Gasteiger partial charge is 0.279 e. The average molecular weight is 451 g/mol. The number of carbonyl (C=O) groups excluding carboxylic acids is 3. The summed E-state index contributed by atoms with van der Waals surface area (Å²) in [5.74, 6) is -1.47. The van der Waals surface area contributed by atoms with E-state index in [4.69, 9.17) is 27.9 Å². The van der Waals surface area contributed by atoms with Gasteiger partial charge in [-0.25, -0.2) is 0 Å². The van der Waals surface area contributed by atoms with E-state index in [1.165, 1.54) is 17.2 Å². The Labute approximate surface area is 185 Å². The molecule has 1 saturated heterocycles. The highest BCUT2D eigenvalue weighted by Gasteiger charge is 2.63. The number of halogens is 2. The predicted molar refractivity (Wildman–Crippen MR) is 113 cm³/mol. The fraction of sp³-hybridized carbons (Fsp3) is 0.500. The van der Waals surface area contributed by atoms with Crippen LogP contribution in [0.2, 0.25) is 10.0 Å². The van der Waals surface area contributed by atoms with E-state index < -0.39 is 12.0 Å². The van der Waals surface area contributed by atoms with Crippen LogP contribution < -0.4 is 10.2 Å². The van der Waals surface area contributed by atoms with Gasteiger partial charge in [0.25, 0.3) is 17.7 Å². The van der Waals surface area contributed by atoms with Crippen molar-refractivity contribution in [2.75, 3.05) is 0 Å². The lowest BCUT2D eigenvalue weighted by atomic mass is 9.81. The number of nitrogens with one attached hydrogen (secondary N) is 1. The number of hydrogen-bond donors (Lipinski definition) is 1. The van der Waals surface area contributed by atoms with Crippen LogP contribution in [0.25, 0.3) is 0 Å². The summed E-state index contributed by atoms with van der Waals surface area (Å²) in [5, 5.41) is 1.66. The Morgan fingerprint density at radius 2 is 1.77 bits per heavy atom. The monoisotopic (exact) mass is 450 g/mol. The Morgan fingerprint density at radius 1 is 1.17 bits per heavy atom. The third-order valence-electron chi connectivity index (χ3n) is 6.48. The first kappa shape index (κ1) is 21.2. The number of ether oxygens (including phenoxy) is 1. The first-order chi connectivity index (χ1) is 14.2. The third kappa shape index (κ3) is 3.30. The van der Waals surface area contributed by atoms with E-state index in [0.29, 0.717) is 16.5 Å². The van der Waals surface area contributed by atoms with Gasteiger partial charge in [-0.15, -0.1) is 0 Å². The van der Waals surface area contributed by atoms with E-state index in [9.17, 15) is 14.4 Å². The van der Waals surface area contributed by atoms with Gasteiger partial charge in [0.15, 0.2) is 6.10 Å². The molecule has 4 rings (SSSR count). The Balaban J connectivity index is 1.50. The molecule has 1 aromatic rings. The van der Waals surface area contributed by atoms with E-state index in [-0.39, 0.29) is 41.2 Å². The second kappa shape index (κ2) is 7.89. The lowest BCUT2D eigenvalue weighted by molar-refractivity contribution is -0.151. The maximum absolute atomic E-state index is 13.0. The fourth-order valence-electron chi connectivity index (χ4n) is 5.33. The molecule has 3 fully saturated rings. The zero-order valence-corrected chi connectivity index (χ0v) is 18.6. The van der Waals surface area contributed by atoms with Crippen LogP contribution >= 0.6 is 23.2 Å². The summed E-state index contributed by atoms with van der Waals surface area (Å²) in [4.78, 5) is 38.9. The van der Waals surface area contributed by atoms with Crippen LogP contribution in [0.15, 0.2) is 29.3 Å². The minimum absolute atomic E-state index is 0.104. The van der Waals surface area contributed by atoms with Crippen LogP contribution in [0.1, 0.15) is 40.0 Å². The zero-order valence-electron chi connectivity index (χ0n) is 17.1. The van der Waals surface area contributed by atoms with Crippen molar-refractivity contribution in [2.24, 2.45) is 23.7 Å². The van der Waals surface area contributed by atoms with E-state index in [1.807, 2.05) is 13.8 Å². The van der Waals surface area contributed by atoms with Gasteiger partial charge in [0, 0.05) is 11.1 Å². The number of fused-ring (bicyclic) bond motifs is 5. The minimum Gasteiger partial charge on any atom is -0.479 e. The highest BCUT2D eigenvalue weighted by atomic mass is 35.5. The molecule has 1 aliphatic heterocycles. The van der Waals surface area contributed by atoms with E-state index in [2.05, 4.69) is 5.43 Å². The van der Waals surface area contributed by atoms with Gasteiger partial charge < -0.3 is 4.74 Å². The number of rotatable bonds is 5. The Bertz CT molecular complexity index is 924. The molecular weight excluding hydrogens is 427 g/mol.